The van der Waals surface area contributed by atoms with Gasteiger partial charge in [0.2, 0.25) is 0 Å². The van der Waals surface area contributed by atoms with Gasteiger partial charge < -0.3 is 21.7 Å². The summed E-state index contributed by atoms with van der Waals surface area (Å²) in [5.74, 6) is -0.547. The summed E-state index contributed by atoms with van der Waals surface area (Å²) >= 11 is 5.91. The van der Waals surface area contributed by atoms with Gasteiger partial charge >= 0.3 is 6.03 Å². The van der Waals surface area contributed by atoms with E-state index in [2.05, 4.69) is 16.0 Å². The van der Waals surface area contributed by atoms with Gasteiger partial charge in [-0.25, -0.2) is 4.79 Å². The van der Waals surface area contributed by atoms with E-state index in [9.17, 15) is 19.7 Å². The van der Waals surface area contributed by atoms with Crippen LogP contribution in [0, 0.1) is 10.1 Å². The number of nitro groups is 1. The molecule has 5 N–H and O–H groups in total. The van der Waals surface area contributed by atoms with Gasteiger partial charge in [0.25, 0.3) is 11.6 Å². The molecule has 1 aromatic rings. The number of carbonyl (C=O) groups is 2. The smallest absolute Gasteiger partial charge is 0.312 e. The van der Waals surface area contributed by atoms with E-state index >= 15 is 0 Å². The maximum Gasteiger partial charge on any atom is 0.312 e. The summed E-state index contributed by atoms with van der Waals surface area (Å²) in [6.45, 7) is 0.270. The van der Waals surface area contributed by atoms with Gasteiger partial charge in [-0.2, -0.15) is 0 Å². The van der Waals surface area contributed by atoms with Gasteiger partial charge in [0.05, 0.1) is 9.95 Å². The van der Waals surface area contributed by atoms with Crippen molar-refractivity contribution in [3.05, 3.63) is 32.8 Å². The van der Waals surface area contributed by atoms with Crippen LogP contribution in [0.4, 0.5) is 16.2 Å². The second kappa shape index (κ2) is 7.29. The summed E-state index contributed by atoms with van der Waals surface area (Å²) in [4.78, 5) is 32.6. The number of halogens is 1. The maximum absolute atomic E-state index is 11.9. The second-order valence-corrected chi connectivity index (χ2v) is 4.31. The van der Waals surface area contributed by atoms with Crippen LogP contribution < -0.4 is 21.7 Å². The Balaban J connectivity index is 2.85. The molecule has 10 heteroatoms. The van der Waals surface area contributed by atoms with Crippen molar-refractivity contribution in [2.75, 3.05) is 25.5 Å². The molecule has 0 saturated carbocycles. The van der Waals surface area contributed by atoms with E-state index < -0.39 is 16.9 Å². The van der Waals surface area contributed by atoms with Gasteiger partial charge in [0.1, 0.15) is 5.69 Å². The minimum Gasteiger partial charge on any atom is -0.381 e. The van der Waals surface area contributed by atoms with Crippen LogP contribution in [-0.4, -0.2) is 37.0 Å². The molecule has 1 rings (SSSR count). The predicted octanol–water partition coefficient (Wildman–Crippen LogP) is 0.688. The first kappa shape index (κ1) is 16.5. The topological polar surface area (TPSA) is 139 Å². The maximum atomic E-state index is 11.9. The Morgan fingerprint density at radius 1 is 1.33 bits per heavy atom. The Morgan fingerprint density at radius 3 is 2.48 bits per heavy atom. The van der Waals surface area contributed by atoms with E-state index in [1.54, 1.807) is 0 Å². The number of hydrogen-bond acceptors (Lipinski definition) is 5. The molecule has 0 spiro atoms. The number of anilines is 1. The molecule has 9 nitrogen and oxygen atoms in total. The van der Waals surface area contributed by atoms with Crippen molar-refractivity contribution in [3.63, 3.8) is 0 Å². The van der Waals surface area contributed by atoms with Crippen molar-refractivity contribution >= 4 is 34.9 Å². The third-order valence-corrected chi connectivity index (χ3v) is 2.79. The van der Waals surface area contributed by atoms with E-state index in [4.69, 9.17) is 17.3 Å². The van der Waals surface area contributed by atoms with Crippen molar-refractivity contribution < 1.29 is 14.5 Å². The molecule has 0 saturated heterocycles. The zero-order chi connectivity index (χ0) is 16.0. The van der Waals surface area contributed by atoms with Gasteiger partial charge in [0, 0.05) is 31.8 Å². The molecule has 0 aliphatic heterocycles. The molecule has 0 fully saturated rings. The number of amides is 3. The number of benzene rings is 1. The van der Waals surface area contributed by atoms with Crippen molar-refractivity contribution in [1.29, 1.82) is 0 Å². The lowest BCUT2D eigenvalue weighted by atomic mass is 10.1. The first-order valence-electron chi connectivity index (χ1n) is 5.84. The van der Waals surface area contributed by atoms with E-state index in [1.165, 1.54) is 13.1 Å². The Labute approximate surface area is 125 Å². The molecule has 0 aliphatic rings. The number of nitrogens with zero attached hydrogens (tertiary/aromatic N) is 1. The van der Waals surface area contributed by atoms with Crippen molar-refractivity contribution in [3.8, 4) is 0 Å². The van der Waals surface area contributed by atoms with Crippen LogP contribution in [0.15, 0.2) is 12.1 Å². The molecular weight excluding hydrogens is 302 g/mol. The second-order valence-electron chi connectivity index (χ2n) is 3.91. The Kier molecular flexibility index (Phi) is 5.73. The van der Waals surface area contributed by atoms with E-state index in [0.29, 0.717) is 0 Å². The third kappa shape index (κ3) is 4.49. The molecule has 0 bridgehead atoms. The van der Waals surface area contributed by atoms with Crippen LogP contribution in [0.25, 0.3) is 0 Å². The summed E-state index contributed by atoms with van der Waals surface area (Å²) in [6.07, 6.45) is 0. The lowest BCUT2D eigenvalue weighted by Crippen LogP contribution is -2.37. The molecule has 3 amide bonds. The van der Waals surface area contributed by atoms with Crippen LogP contribution in [0.5, 0.6) is 0 Å². The van der Waals surface area contributed by atoms with Crippen LogP contribution in [-0.2, 0) is 0 Å². The number of nitrogens with one attached hydrogen (secondary N) is 3. The normalized spacial score (nSPS) is 9.81. The minimum absolute atomic E-state index is 0.0461. The fourth-order valence-corrected chi connectivity index (χ4v) is 1.89. The quantitative estimate of drug-likeness (QED) is 0.347. The van der Waals surface area contributed by atoms with Crippen LogP contribution in [0.3, 0.4) is 0 Å². The van der Waals surface area contributed by atoms with Crippen molar-refractivity contribution in [2.45, 2.75) is 0 Å². The fourth-order valence-electron chi connectivity index (χ4n) is 1.58. The van der Waals surface area contributed by atoms with Crippen LogP contribution >= 0.6 is 11.6 Å². The monoisotopic (exact) mass is 315 g/mol. The van der Waals surface area contributed by atoms with Gasteiger partial charge in [0.15, 0.2) is 0 Å². The standard InChI is InChI=1S/C11H14ClN5O4/c1-14-9-7(12)4-6(5-8(9)17(20)21)10(18)15-2-3-16-11(13)19/h4-5,14H,2-3H2,1H3,(H,15,18)(H3,13,16,19). The van der Waals surface area contributed by atoms with Gasteiger partial charge in [-0.05, 0) is 6.07 Å². The number of hydrogen-bond donors (Lipinski definition) is 4. The SMILES string of the molecule is CNc1c(Cl)cc(C(=O)NCCNC(N)=O)cc1[N+](=O)[O-]. The van der Waals surface area contributed by atoms with Crippen molar-refractivity contribution in [2.24, 2.45) is 5.73 Å². The average molecular weight is 316 g/mol. The van der Waals surface area contributed by atoms with E-state index in [1.807, 2.05) is 0 Å². The Bertz CT molecular complexity index is 578. The molecule has 114 valence electrons. The number of nitrogens with two attached hydrogens (primary N) is 1. The summed E-state index contributed by atoms with van der Waals surface area (Å²) in [7, 11) is 1.49. The Morgan fingerprint density at radius 2 is 1.95 bits per heavy atom. The van der Waals surface area contributed by atoms with E-state index in [-0.39, 0.29) is 35.1 Å². The molecule has 0 aliphatic carbocycles. The molecule has 0 aromatic heterocycles. The highest BCUT2D eigenvalue weighted by molar-refractivity contribution is 6.34. The van der Waals surface area contributed by atoms with Crippen LogP contribution in [0.1, 0.15) is 10.4 Å². The number of carbonyl (C=O) groups excluding carboxylic acids is 2. The first-order chi connectivity index (χ1) is 9.86. The van der Waals surface area contributed by atoms with Gasteiger partial charge in [-0.3, -0.25) is 14.9 Å². The first-order valence-corrected chi connectivity index (χ1v) is 6.21. The summed E-state index contributed by atoms with van der Waals surface area (Å²) in [6, 6.07) is 1.73. The summed E-state index contributed by atoms with van der Waals surface area (Å²) in [5.41, 5.74) is 4.74. The predicted molar refractivity (Wildman–Crippen MR) is 77.6 cm³/mol. The number of urea groups is 1. The molecule has 0 radical (unpaired) electrons. The number of nitro benzene ring substituents is 1. The number of rotatable bonds is 6. The number of primary amides is 1. The molecule has 21 heavy (non-hydrogen) atoms. The lowest BCUT2D eigenvalue weighted by Gasteiger charge is -2.09. The highest BCUT2D eigenvalue weighted by Crippen LogP contribution is 2.33. The van der Waals surface area contributed by atoms with Gasteiger partial charge in [-0.15, -0.1) is 0 Å². The lowest BCUT2D eigenvalue weighted by molar-refractivity contribution is -0.383. The zero-order valence-corrected chi connectivity index (χ0v) is 11.9. The zero-order valence-electron chi connectivity index (χ0n) is 11.1. The highest BCUT2D eigenvalue weighted by atomic mass is 35.5. The molecule has 1 aromatic carbocycles. The highest BCUT2D eigenvalue weighted by Gasteiger charge is 2.20. The minimum atomic E-state index is -0.707. The van der Waals surface area contributed by atoms with Crippen molar-refractivity contribution in [1.82, 2.24) is 10.6 Å². The fraction of sp³-hybridized carbons (Fsp3) is 0.273. The molecule has 0 unspecified atom stereocenters. The van der Waals surface area contributed by atoms with Crippen LogP contribution in [0.2, 0.25) is 5.02 Å². The molecular formula is C11H14ClN5O4. The Hall–Kier alpha value is -2.55. The largest absolute Gasteiger partial charge is 0.381 e. The summed E-state index contributed by atoms with van der Waals surface area (Å²) in [5, 5.41) is 18.4. The summed E-state index contributed by atoms with van der Waals surface area (Å²) < 4.78 is 0. The van der Waals surface area contributed by atoms with E-state index in [0.717, 1.165) is 6.07 Å². The van der Waals surface area contributed by atoms with Gasteiger partial charge in [-0.1, -0.05) is 11.6 Å². The third-order valence-electron chi connectivity index (χ3n) is 2.49. The average Bonchev–Trinajstić information content (AvgIpc) is 2.42. The molecule has 0 heterocycles. The molecule has 0 atom stereocenters.